The van der Waals surface area contributed by atoms with Gasteiger partial charge in [0, 0.05) is 24.3 Å². The Bertz CT molecular complexity index is 1540. The van der Waals surface area contributed by atoms with E-state index in [2.05, 4.69) is 4.72 Å². The number of thioether (sulfide) groups is 1. The highest BCUT2D eigenvalue weighted by atomic mass is 32.2. The van der Waals surface area contributed by atoms with Crippen LogP contribution < -0.4 is 4.72 Å². The summed E-state index contributed by atoms with van der Waals surface area (Å²) in [5.74, 6) is -1.68. The highest BCUT2D eigenvalue weighted by Crippen LogP contribution is 2.42. The number of esters is 2. The molecular formula is C29H25N3O8S2. The summed E-state index contributed by atoms with van der Waals surface area (Å²) in [6.07, 6.45) is -0.785. The number of fused-ring (bicyclic) bond motifs is 1. The third-order valence-electron chi connectivity index (χ3n) is 6.62. The Morgan fingerprint density at radius 2 is 1.64 bits per heavy atom. The molecule has 13 heteroatoms. The third kappa shape index (κ3) is 5.98. The van der Waals surface area contributed by atoms with E-state index >= 15 is 0 Å². The molecule has 1 fully saturated rings. The van der Waals surface area contributed by atoms with Crippen molar-refractivity contribution in [1.29, 1.82) is 0 Å². The van der Waals surface area contributed by atoms with Gasteiger partial charge in [-0.25, -0.2) is 13.7 Å². The monoisotopic (exact) mass is 607 g/mol. The number of nitrogens with one attached hydrogen (secondary N) is 1. The number of nitro benzene ring substituents is 1. The van der Waals surface area contributed by atoms with Crippen LogP contribution in [-0.2, 0) is 34.8 Å². The number of hydrogen-bond acceptors (Lipinski definition) is 9. The first-order chi connectivity index (χ1) is 20.3. The van der Waals surface area contributed by atoms with Crippen LogP contribution in [0.5, 0.6) is 0 Å². The molecule has 0 aromatic heterocycles. The van der Waals surface area contributed by atoms with E-state index in [0.29, 0.717) is 5.57 Å². The fraction of sp³-hybridized carbons (Fsp3) is 0.207. The minimum atomic E-state index is -2.08. The summed E-state index contributed by atoms with van der Waals surface area (Å²) in [5, 5.41) is 10.8. The summed E-state index contributed by atoms with van der Waals surface area (Å²) in [5.41, 5.74) is 1.44. The number of ether oxygens (including phenoxy) is 2. The molecule has 1 unspecified atom stereocenters. The van der Waals surface area contributed by atoms with Gasteiger partial charge in [0.1, 0.15) is 39.6 Å². The largest absolute Gasteiger partial charge is 0.461 e. The highest BCUT2D eigenvalue weighted by molar-refractivity contribution is 8.00. The summed E-state index contributed by atoms with van der Waals surface area (Å²) in [4.78, 5) is 50.8. The summed E-state index contributed by atoms with van der Waals surface area (Å²) in [7, 11) is -2.08. The summed E-state index contributed by atoms with van der Waals surface area (Å²) < 4.78 is 27.0. The second-order valence-corrected chi connectivity index (χ2v) is 11.7. The molecule has 0 radical (unpaired) electrons. The van der Waals surface area contributed by atoms with Gasteiger partial charge in [0.05, 0.1) is 4.92 Å². The van der Waals surface area contributed by atoms with E-state index in [1.807, 2.05) is 60.7 Å². The molecule has 1 saturated heterocycles. The maximum atomic E-state index is 13.8. The molecule has 5 rings (SSSR count). The Labute approximate surface area is 247 Å². The SMILES string of the molecule is CC(=O)OCC1=C(C(=O)OC(c2ccccc2)c2ccccc2)N2C(=O)[C@@H](NS(=O)c3ccccc3[N+](=O)[O-])[C@H]2SC1. The van der Waals surface area contributed by atoms with Crippen LogP contribution in [0.3, 0.4) is 0 Å². The highest BCUT2D eigenvalue weighted by Gasteiger charge is 2.55. The number of para-hydroxylation sites is 1. The number of β-lactam (4-membered cyclic amide) rings is 1. The van der Waals surface area contributed by atoms with Crippen molar-refractivity contribution in [1.82, 2.24) is 9.62 Å². The standard InChI is InChI=1S/C29H25N3O8S2/c1-18(33)39-16-21-17-41-28-24(30-42(38)23-15-9-8-14-22(23)32(36)37)27(34)31(28)25(21)29(35)40-26(19-10-4-2-5-11-19)20-12-6-3-7-13-20/h2-15,24,26,28,30H,16-17H2,1H3/t24-,28-,42?/m1/s1. The first kappa shape index (κ1) is 29.2. The van der Waals surface area contributed by atoms with Crippen molar-refractivity contribution >= 4 is 46.3 Å². The van der Waals surface area contributed by atoms with Crippen molar-refractivity contribution in [2.75, 3.05) is 12.4 Å². The van der Waals surface area contributed by atoms with Gasteiger partial charge < -0.3 is 9.47 Å². The van der Waals surface area contributed by atoms with Gasteiger partial charge in [0.25, 0.3) is 5.69 Å². The lowest BCUT2D eigenvalue weighted by Gasteiger charge is -2.49. The van der Waals surface area contributed by atoms with Crippen molar-refractivity contribution in [2.45, 2.75) is 29.3 Å². The van der Waals surface area contributed by atoms with Crippen LogP contribution in [0, 0.1) is 10.1 Å². The first-order valence-corrected chi connectivity index (χ1v) is 15.0. The quantitative estimate of drug-likeness (QED) is 0.158. The van der Waals surface area contributed by atoms with E-state index in [1.165, 1.54) is 47.9 Å². The maximum Gasteiger partial charge on any atom is 0.356 e. The van der Waals surface area contributed by atoms with Crippen molar-refractivity contribution in [3.05, 3.63) is 117 Å². The molecule has 1 N–H and O–H groups in total. The smallest absolute Gasteiger partial charge is 0.356 e. The number of carbonyl (C=O) groups excluding carboxylic acids is 3. The molecule has 2 heterocycles. The zero-order chi connectivity index (χ0) is 29.8. The molecular weight excluding hydrogens is 582 g/mol. The molecule has 2 aliphatic rings. The third-order valence-corrected chi connectivity index (χ3v) is 9.17. The van der Waals surface area contributed by atoms with Crippen molar-refractivity contribution in [3.63, 3.8) is 0 Å². The minimum Gasteiger partial charge on any atom is -0.461 e. The van der Waals surface area contributed by atoms with Gasteiger partial charge in [-0.05, 0) is 17.2 Å². The lowest BCUT2D eigenvalue weighted by atomic mass is 10.0. The number of nitro groups is 1. The van der Waals surface area contributed by atoms with Gasteiger partial charge in [0.15, 0.2) is 6.10 Å². The molecule has 42 heavy (non-hydrogen) atoms. The van der Waals surface area contributed by atoms with Crippen LogP contribution in [0.4, 0.5) is 5.69 Å². The predicted molar refractivity (Wildman–Crippen MR) is 154 cm³/mol. The second-order valence-electron chi connectivity index (χ2n) is 9.34. The van der Waals surface area contributed by atoms with Crippen LogP contribution in [-0.4, -0.2) is 55.7 Å². The van der Waals surface area contributed by atoms with E-state index in [4.69, 9.17) is 9.47 Å². The lowest BCUT2D eigenvalue weighted by molar-refractivity contribution is -0.387. The zero-order valence-corrected chi connectivity index (χ0v) is 23.8. The molecule has 216 valence electrons. The topological polar surface area (TPSA) is 145 Å². The van der Waals surface area contributed by atoms with Crippen LogP contribution in [0.25, 0.3) is 0 Å². The second kappa shape index (κ2) is 12.7. The Kier molecular flexibility index (Phi) is 8.80. The van der Waals surface area contributed by atoms with Crippen LogP contribution in [0.15, 0.2) is 101 Å². The molecule has 0 bridgehead atoms. The summed E-state index contributed by atoms with van der Waals surface area (Å²) in [6.45, 7) is 1.02. The molecule has 0 saturated carbocycles. The Balaban J connectivity index is 1.43. The number of carbonyl (C=O) groups is 3. The molecule has 3 aromatic carbocycles. The van der Waals surface area contributed by atoms with E-state index in [0.717, 1.165) is 11.1 Å². The van der Waals surface area contributed by atoms with Crippen molar-refractivity contribution in [3.8, 4) is 0 Å². The average Bonchev–Trinajstić information content (AvgIpc) is 3.01. The zero-order valence-electron chi connectivity index (χ0n) is 22.2. The molecule has 11 nitrogen and oxygen atoms in total. The van der Waals surface area contributed by atoms with Crippen LogP contribution >= 0.6 is 11.8 Å². The van der Waals surface area contributed by atoms with Gasteiger partial charge in [-0.3, -0.25) is 24.6 Å². The number of benzene rings is 3. The Morgan fingerprint density at radius 3 is 2.24 bits per heavy atom. The van der Waals surface area contributed by atoms with Gasteiger partial charge in [-0.15, -0.1) is 11.8 Å². The molecule has 0 spiro atoms. The number of hydrogen-bond donors (Lipinski definition) is 1. The van der Waals surface area contributed by atoms with E-state index in [1.54, 1.807) is 0 Å². The number of nitrogens with zero attached hydrogens (tertiary/aromatic N) is 2. The number of rotatable bonds is 10. The minimum absolute atomic E-state index is 0.0450. The fourth-order valence-corrected chi connectivity index (χ4v) is 7.17. The molecule has 3 aromatic rings. The normalized spacial score (nSPS) is 18.6. The van der Waals surface area contributed by atoms with Crippen molar-refractivity contribution < 1.29 is 33.0 Å². The van der Waals surface area contributed by atoms with Crippen LogP contribution in [0.1, 0.15) is 24.2 Å². The fourth-order valence-electron chi connectivity index (χ4n) is 4.64. The van der Waals surface area contributed by atoms with Gasteiger partial charge in [-0.1, -0.05) is 72.8 Å². The van der Waals surface area contributed by atoms with Gasteiger partial charge in [-0.2, -0.15) is 0 Å². The van der Waals surface area contributed by atoms with E-state index in [9.17, 15) is 28.7 Å². The van der Waals surface area contributed by atoms with Crippen LogP contribution in [0.2, 0.25) is 0 Å². The summed E-state index contributed by atoms with van der Waals surface area (Å²) >= 11 is 1.28. The Morgan fingerprint density at radius 1 is 1.05 bits per heavy atom. The van der Waals surface area contributed by atoms with Gasteiger partial charge in [0.2, 0.25) is 5.91 Å². The summed E-state index contributed by atoms with van der Waals surface area (Å²) in [6, 6.07) is 22.8. The first-order valence-electron chi connectivity index (χ1n) is 12.8. The molecule has 3 atom stereocenters. The van der Waals surface area contributed by atoms with Crippen molar-refractivity contribution in [2.24, 2.45) is 0 Å². The number of amides is 1. The average molecular weight is 608 g/mol. The van der Waals surface area contributed by atoms with E-state index in [-0.39, 0.29) is 28.6 Å². The predicted octanol–water partition coefficient (Wildman–Crippen LogP) is 3.64. The Hall–Kier alpha value is -4.33. The molecule has 1 amide bonds. The van der Waals surface area contributed by atoms with E-state index < -0.39 is 51.3 Å². The maximum absolute atomic E-state index is 13.8. The molecule has 0 aliphatic carbocycles. The lowest BCUT2D eigenvalue weighted by Crippen LogP contribution is -2.70. The van der Waals surface area contributed by atoms with Gasteiger partial charge >= 0.3 is 11.9 Å². The molecule has 2 aliphatic heterocycles.